The number of imidazole rings is 1. The number of sulfonamides is 1. The molecule has 1 aromatic carbocycles. The predicted octanol–water partition coefficient (Wildman–Crippen LogP) is 3.26. The Morgan fingerprint density at radius 2 is 1.65 bits per heavy atom. The van der Waals surface area contributed by atoms with Crippen LogP contribution in [-0.2, 0) is 31.0 Å². The standard InChI is InChI=1S/C27H36N6O6S/c1-26(2,3)20(34)13-19(14-39-25(36)27(4,5)6)33(40(7,37)38)17-32-16-30-21-22(28-15-29-23(21)32)31-24(35)18-11-9-8-10-12-18/h8-12,15-16,19H,13-14,17H2,1-7H3,(H,28,29,31,35). The van der Waals surface area contributed by atoms with Crippen molar-refractivity contribution in [3.05, 3.63) is 48.5 Å². The zero-order chi connectivity index (χ0) is 29.9. The van der Waals surface area contributed by atoms with Crippen LogP contribution in [0, 0.1) is 10.8 Å². The third kappa shape index (κ3) is 7.69. The molecule has 0 saturated carbocycles. The van der Waals surface area contributed by atoms with Crippen LogP contribution in [0.15, 0.2) is 43.0 Å². The normalized spacial score (nSPS) is 13.3. The van der Waals surface area contributed by atoms with E-state index in [-0.39, 0.29) is 42.5 Å². The number of carbonyl (C=O) groups is 3. The number of rotatable bonds is 10. The number of carbonyl (C=O) groups excluding carboxylic acids is 3. The van der Waals surface area contributed by atoms with Crippen LogP contribution >= 0.6 is 0 Å². The number of Topliss-reactive ketones (excluding diaryl/α,β-unsaturated/α-hetero) is 1. The molecule has 0 radical (unpaired) electrons. The van der Waals surface area contributed by atoms with E-state index in [0.29, 0.717) is 5.56 Å². The van der Waals surface area contributed by atoms with Crippen molar-refractivity contribution < 1.29 is 27.5 Å². The van der Waals surface area contributed by atoms with Gasteiger partial charge in [0, 0.05) is 17.4 Å². The maximum absolute atomic E-state index is 13.0. The fourth-order valence-electron chi connectivity index (χ4n) is 3.64. The average molecular weight is 573 g/mol. The van der Waals surface area contributed by atoms with Crippen LogP contribution in [0.4, 0.5) is 5.82 Å². The minimum atomic E-state index is -3.92. The SMILES string of the molecule is CC(C)(C)C(=O)CC(COC(=O)C(C)(C)C)N(Cn1cnc2c(NC(=O)c3ccccc3)ncnc21)S(C)(=O)=O. The molecule has 0 aliphatic heterocycles. The van der Waals surface area contributed by atoms with Crippen LogP contribution in [-0.4, -0.2) is 68.8 Å². The molecule has 1 N–H and O–H groups in total. The molecule has 12 nitrogen and oxygen atoms in total. The first-order valence-electron chi connectivity index (χ1n) is 12.7. The van der Waals surface area contributed by atoms with Crippen molar-refractivity contribution in [1.29, 1.82) is 0 Å². The second kappa shape index (κ2) is 11.8. The number of benzene rings is 1. The van der Waals surface area contributed by atoms with Crippen LogP contribution in [0.25, 0.3) is 11.2 Å². The fraction of sp³-hybridized carbons (Fsp3) is 0.481. The van der Waals surface area contributed by atoms with Crippen LogP contribution < -0.4 is 5.32 Å². The molecule has 0 aliphatic rings. The smallest absolute Gasteiger partial charge is 0.311 e. The third-order valence-corrected chi connectivity index (χ3v) is 7.34. The number of ether oxygens (including phenoxy) is 1. The van der Waals surface area contributed by atoms with Gasteiger partial charge in [0.05, 0.1) is 30.7 Å². The number of fused-ring (bicyclic) bond motifs is 1. The molecule has 1 atom stereocenters. The predicted molar refractivity (Wildman–Crippen MR) is 150 cm³/mol. The van der Waals surface area contributed by atoms with Gasteiger partial charge in [0.25, 0.3) is 5.91 Å². The van der Waals surface area contributed by atoms with E-state index in [1.54, 1.807) is 71.9 Å². The Kier molecular flexibility index (Phi) is 9.10. The lowest BCUT2D eigenvalue weighted by Crippen LogP contribution is -2.46. The third-order valence-electron chi connectivity index (χ3n) is 6.07. The number of anilines is 1. The van der Waals surface area contributed by atoms with E-state index in [4.69, 9.17) is 4.74 Å². The van der Waals surface area contributed by atoms with Crippen LogP contribution in [0.3, 0.4) is 0 Å². The summed E-state index contributed by atoms with van der Waals surface area (Å²) < 4.78 is 34.1. The van der Waals surface area contributed by atoms with E-state index >= 15 is 0 Å². The Morgan fingerprint density at radius 3 is 2.23 bits per heavy atom. The van der Waals surface area contributed by atoms with Gasteiger partial charge in [-0.25, -0.2) is 23.4 Å². The number of amides is 1. The minimum absolute atomic E-state index is 0.155. The van der Waals surface area contributed by atoms with Gasteiger partial charge in [-0.2, -0.15) is 4.31 Å². The first kappa shape index (κ1) is 30.8. The molecule has 3 rings (SSSR count). The molecule has 13 heteroatoms. The summed E-state index contributed by atoms with van der Waals surface area (Å²) in [6.45, 7) is 9.69. The molecule has 0 aliphatic carbocycles. The molecule has 2 heterocycles. The first-order valence-corrected chi connectivity index (χ1v) is 14.5. The van der Waals surface area contributed by atoms with Gasteiger partial charge in [-0.15, -0.1) is 0 Å². The molecule has 2 aromatic heterocycles. The van der Waals surface area contributed by atoms with Crippen LogP contribution in [0.2, 0.25) is 0 Å². The average Bonchev–Trinajstić information content (AvgIpc) is 3.27. The highest BCUT2D eigenvalue weighted by molar-refractivity contribution is 7.88. The van der Waals surface area contributed by atoms with Crippen molar-refractivity contribution in [2.45, 2.75) is 60.7 Å². The van der Waals surface area contributed by atoms with Gasteiger partial charge in [-0.3, -0.25) is 14.4 Å². The Labute approximate surface area is 234 Å². The van der Waals surface area contributed by atoms with Crippen molar-refractivity contribution >= 4 is 44.7 Å². The lowest BCUT2D eigenvalue weighted by Gasteiger charge is -2.31. The highest BCUT2D eigenvalue weighted by Crippen LogP contribution is 2.25. The molecule has 1 unspecified atom stereocenters. The number of ketones is 1. The van der Waals surface area contributed by atoms with Crippen molar-refractivity contribution in [2.75, 3.05) is 18.2 Å². The van der Waals surface area contributed by atoms with E-state index < -0.39 is 38.8 Å². The van der Waals surface area contributed by atoms with Crippen molar-refractivity contribution in [1.82, 2.24) is 23.8 Å². The molecule has 1 amide bonds. The number of aromatic nitrogens is 4. The molecule has 40 heavy (non-hydrogen) atoms. The molecule has 216 valence electrons. The zero-order valence-electron chi connectivity index (χ0n) is 23.8. The maximum Gasteiger partial charge on any atom is 0.311 e. The molecule has 0 saturated heterocycles. The lowest BCUT2D eigenvalue weighted by atomic mass is 9.87. The van der Waals surface area contributed by atoms with Gasteiger partial charge in [0.1, 0.15) is 18.7 Å². The van der Waals surface area contributed by atoms with Gasteiger partial charge < -0.3 is 14.6 Å². The summed E-state index contributed by atoms with van der Waals surface area (Å²) in [4.78, 5) is 50.9. The van der Waals surface area contributed by atoms with Gasteiger partial charge in [-0.05, 0) is 32.9 Å². The topological polar surface area (TPSA) is 153 Å². The first-order chi connectivity index (χ1) is 18.5. The Hall–Kier alpha value is -3.71. The van der Waals surface area contributed by atoms with Crippen molar-refractivity contribution in [2.24, 2.45) is 10.8 Å². The summed E-state index contributed by atoms with van der Waals surface area (Å²) in [6, 6.07) is 7.59. The molecular weight excluding hydrogens is 536 g/mol. The molecule has 0 bridgehead atoms. The van der Waals surface area contributed by atoms with E-state index in [0.717, 1.165) is 10.6 Å². The second-order valence-electron chi connectivity index (χ2n) is 11.6. The molecule has 3 aromatic rings. The molecule has 0 spiro atoms. The number of esters is 1. The largest absolute Gasteiger partial charge is 0.464 e. The van der Waals surface area contributed by atoms with Gasteiger partial charge in [0.15, 0.2) is 17.0 Å². The summed E-state index contributed by atoms with van der Waals surface area (Å²) in [5.74, 6) is -0.952. The fourth-order valence-corrected chi connectivity index (χ4v) is 4.65. The summed E-state index contributed by atoms with van der Waals surface area (Å²) in [7, 11) is -3.92. The summed E-state index contributed by atoms with van der Waals surface area (Å²) in [5, 5.41) is 2.71. The number of hydrogen-bond acceptors (Lipinski definition) is 9. The highest BCUT2D eigenvalue weighted by Gasteiger charge is 2.35. The monoisotopic (exact) mass is 572 g/mol. The number of nitrogens with one attached hydrogen (secondary N) is 1. The maximum atomic E-state index is 13.0. The Bertz CT molecular complexity index is 1490. The van der Waals surface area contributed by atoms with E-state index in [1.807, 2.05) is 0 Å². The van der Waals surface area contributed by atoms with Crippen LogP contribution in [0.5, 0.6) is 0 Å². The summed E-state index contributed by atoms with van der Waals surface area (Å²) >= 11 is 0. The Balaban J connectivity index is 1.95. The van der Waals surface area contributed by atoms with E-state index in [9.17, 15) is 22.8 Å². The number of hydrogen-bond donors (Lipinski definition) is 1. The van der Waals surface area contributed by atoms with Gasteiger partial charge in [-0.1, -0.05) is 39.0 Å². The molecular formula is C27H36N6O6S. The minimum Gasteiger partial charge on any atom is -0.464 e. The van der Waals surface area contributed by atoms with Crippen molar-refractivity contribution in [3.63, 3.8) is 0 Å². The zero-order valence-corrected chi connectivity index (χ0v) is 24.7. The quantitative estimate of drug-likeness (QED) is 0.361. The summed E-state index contributed by atoms with van der Waals surface area (Å²) in [5.41, 5.74) is -0.613. The second-order valence-corrected chi connectivity index (χ2v) is 13.5. The van der Waals surface area contributed by atoms with Crippen molar-refractivity contribution in [3.8, 4) is 0 Å². The summed E-state index contributed by atoms with van der Waals surface area (Å²) in [6.07, 6.45) is 3.46. The number of nitrogens with zero attached hydrogens (tertiary/aromatic N) is 5. The van der Waals surface area contributed by atoms with E-state index in [1.165, 1.54) is 17.2 Å². The molecule has 0 fully saturated rings. The van der Waals surface area contributed by atoms with Gasteiger partial charge in [0.2, 0.25) is 10.0 Å². The van der Waals surface area contributed by atoms with Crippen LogP contribution in [0.1, 0.15) is 58.3 Å². The lowest BCUT2D eigenvalue weighted by molar-refractivity contribution is -0.155. The van der Waals surface area contributed by atoms with E-state index in [2.05, 4.69) is 20.3 Å². The highest BCUT2D eigenvalue weighted by atomic mass is 32.2. The van der Waals surface area contributed by atoms with Gasteiger partial charge >= 0.3 is 5.97 Å². The Morgan fingerprint density at radius 1 is 1.00 bits per heavy atom.